The number of hydroxylamine groups is 1. The lowest BCUT2D eigenvalue weighted by Crippen LogP contribution is -2.28. The maximum Gasteiger partial charge on any atom is 0.411 e. The summed E-state index contributed by atoms with van der Waals surface area (Å²) in [4.78, 5) is 12.7. The molecule has 3 aromatic rings. The third kappa shape index (κ3) is 6.19. The first-order valence-electron chi connectivity index (χ1n) is 9.39. The van der Waals surface area contributed by atoms with Gasteiger partial charge in [-0.15, -0.1) is 0 Å². The molecule has 170 valence electrons. The summed E-state index contributed by atoms with van der Waals surface area (Å²) in [7, 11) is 0. The molecule has 0 aliphatic rings. The molecule has 0 saturated heterocycles. The van der Waals surface area contributed by atoms with Crippen molar-refractivity contribution in [1.29, 1.82) is 0 Å². The fourth-order valence-electron chi connectivity index (χ4n) is 2.88. The molecule has 0 spiro atoms. The molecule has 0 unspecified atom stereocenters. The number of furan rings is 1. The van der Waals surface area contributed by atoms with Crippen molar-refractivity contribution in [3.8, 4) is 5.75 Å². The Bertz CT molecular complexity index is 1080. The summed E-state index contributed by atoms with van der Waals surface area (Å²) in [6, 6.07) is 13.2. The number of carbonyl (C=O) groups is 1. The van der Waals surface area contributed by atoms with Crippen LogP contribution in [0.1, 0.15) is 21.7 Å². The predicted molar refractivity (Wildman–Crippen MR) is 113 cm³/mol. The van der Waals surface area contributed by atoms with Crippen LogP contribution in [0.2, 0.25) is 0 Å². The van der Waals surface area contributed by atoms with E-state index in [2.05, 4.69) is 5.32 Å². The van der Waals surface area contributed by atoms with E-state index in [1.54, 1.807) is 48.5 Å². The van der Waals surface area contributed by atoms with Crippen molar-refractivity contribution in [3.05, 3.63) is 65.4 Å². The summed E-state index contributed by atoms with van der Waals surface area (Å²) in [5.41, 5.74) is 3.10. The Morgan fingerprint density at radius 1 is 1.12 bits per heavy atom. The highest BCUT2D eigenvalue weighted by atomic mass is 32.1. The standard InChI is InChI=1S/C21H19F3N2O5S/c22-21(23,24)12-29-11-16-15-3-1-2-4-17(15)31-18(16)19(27)25-9-10-30-14-7-5-13(6-8-14)20(32)26-28/h1-8,28H,9-12H2,(H,25,27)(H,26,32). The topological polar surface area (TPSA) is 93.0 Å². The minimum absolute atomic E-state index is 0.109. The molecule has 7 nitrogen and oxygen atoms in total. The van der Waals surface area contributed by atoms with E-state index in [4.69, 9.17) is 31.3 Å². The molecule has 0 bridgehead atoms. The number of benzene rings is 2. The molecule has 0 saturated carbocycles. The third-order valence-electron chi connectivity index (χ3n) is 4.29. The molecular formula is C21H19F3N2O5S. The van der Waals surface area contributed by atoms with E-state index in [0.717, 1.165) is 0 Å². The number of fused-ring (bicyclic) bond motifs is 1. The van der Waals surface area contributed by atoms with Gasteiger partial charge in [-0.3, -0.25) is 15.5 Å². The van der Waals surface area contributed by atoms with E-state index < -0.39 is 25.3 Å². The van der Waals surface area contributed by atoms with E-state index in [0.29, 0.717) is 22.3 Å². The van der Waals surface area contributed by atoms with E-state index in [1.807, 2.05) is 5.48 Å². The number of nitrogens with one attached hydrogen (secondary N) is 2. The maximum absolute atomic E-state index is 12.6. The molecule has 0 atom stereocenters. The molecule has 11 heteroatoms. The van der Waals surface area contributed by atoms with Crippen molar-refractivity contribution in [2.45, 2.75) is 12.8 Å². The van der Waals surface area contributed by atoms with Gasteiger partial charge in [0.05, 0.1) is 13.2 Å². The van der Waals surface area contributed by atoms with E-state index in [9.17, 15) is 18.0 Å². The Morgan fingerprint density at radius 2 is 1.84 bits per heavy atom. The molecule has 3 N–H and O–H groups in total. The van der Waals surface area contributed by atoms with Gasteiger partial charge >= 0.3 is 6.18 Å². The smallest absolute Gasteiger partial charge is 0.411 e. The minimum Gasteiger partial charge on any atom is -0.492 e. The van der Waals surface area contributed by atoms with Gasteiger partial charge in [-0.2, -0.15) is 13.2 Å². The first-order valence-corrected chi connectivity index (χ1v) is 9.79. The van der Waals surface area contributed by atoms with Crippen molar-refractivity contribution < 1.29 is 37.1 Å². The second-order valence-electron chi connectivity index (χ2n) is 6.58. The summed E-state index contributed by atoms with van der Waals surface area (Å²) in [6.07, 6.45) is -4.48. The molecule has 3 rings (SSSR count). The number of halogens is 3. The van der Waals surface area contributed by atoms with Crippen LogP contribution < -0.4 is 15.5 Å². The molecule has 0 radical (unpaired) electrons. The Balaban J connectivity index is 1.59. The van der Waals surface area contributed by atoms with Gasteiger partial charge in [0.15, 0.2) is 5.76 Å². The highest BCUT2D eigenvalue weighted by molar-refractivity contribution is 7.80. The fourth-order valence-corrected chi connectivity index (χ4v) is 3.01. The average Bonchev–Trinajstić information content (AvgIpc) is 3.14. The summed E-state index contributed by atoms with van der Waals surface area (Å²) < 4.78 is 53.1. The normalized spacial score (nSPS) is 11.4. The van der Waals surface area contributed by atoms with Crippen LogP contribution in [-0.2, 0) is 11.3 Å². The maximum atomic E-state index is 12.6. The largest absolute Gasteiger partial charge is 0.492 e. The number of carbonyl (C=O) groups excluding carboxylic acids is 1. The van der Waals surface area contributed by atoms with E-state index in [1.165, 1.54) is 0 Å². The van der Waals surface area contributed by atoms with Crippen molar-refractivity contribution in [2.24, 2.45) is 0 Å². The van der Waals surface area contributed by atoms with Crippen LogP contribution in [0.3, 0.4) is 0 Å². The van der Waals surface area contributed by atoms with Crippen LogP contribution in [-0.4, -0.2) is 42.0 Å². The molecule has 1 aromatic heterocycles. The predicted octanol–water partition coefficient (Wildman–Crippen LogP) is 3.97. The number of thiocarbonyl (C=S) groups is 1. The van der Waals surface area contributed by atoms with Gasteiger partial charge in [0, 0.05) is 16.5 Å². The van der Waals surface area contributed by atoms with Gasteiger partial charge in [-0.05, 0) is 30.3 Å². The van der Waals surface area contributed by atoms with Gasteiger partial charge in [-0.1, -0.05) is 30.4 Å². The van der Waals surface area contributed by atoms with E-state index in [-0.39, 0.29) is 29.5 Å². The second-order valence-corrected chi connectivity index (χ2v) is 6.99. The lowest BCUT2D eigenvalue weighted by Gasteiger charge is -2.10. The summed E-state index contributed by atoms with van der Waals surface area (Å²) >= 11 is 4.90. The van der Waals surface area contributed by atoms with Gasteiger partial charge in [0.2, 0.25) is 0 Å². The Morgan fingerprint density at radius 3 is 2.53 bits per heavy atom. The quantitative estimate of drug-likeness (QED) is 0.249. The second kappa shape index (κ2) is 10.4. The van der Waals surface area contributed by atoms with Crippen molar-refractivity contribution in [2.75, 3.05) is 19.8 Å². The molecular weight excluding hydrogens is 449 g/mol. The molecule has 0 aliphatic heterocycles. The SMILES string of the molecule is O=C(NCCOc1ccc(C(=S)NO)cc1)c1oc2ccccc2c1COCC(F)(F)F. The van der Waals surface area contributed by atoms with Crippen LogP contribution >= 0.6 is 12.2 Å². The van der Waals surface area contributed by atoms with E-state index >= 15 is 0 Å². The molecule has 1 amide bonds. The Hall–Kier alpha value is -3.15. The van der Waals surface area contributed by atoms with Crippen molar-refractivity contribution in [1.82, 2.24) is 10.8 Å². The molecule has 0 aliphatic carbocycles. The monoisotopic (exact) mass is 468 g/mol. The van der Waals surface area contributed by atoms with Crippen LogP contribution in [0, 0.1) is 0 Å². The van der Waals surface area contributed by atoms with Gasteiger partial charge in [0.25, 0.3) is 5.91 Å². The van der Waals surface area contributed by atoms with Crippen molar-refractivity contribution in [3.63, 3.8) is 0 Å². The number of rotatable bonds is 9. The highest BCUT2D eigenvalue weighted by Crippen LogP contribution is 2.27. The molecule has 1 heterocycles. The Labute approximate surface area is 186 Å². The average molecular weight is 468 g/mol. The zero-order valence-corrected chi connectivity index (χ0v) is 17.4. The number of hydrogen-bond donors (Lipinski definition) is 3. The minimum atomic E-state index is -4.48. The van der Waals surface area contributed by atoms with Crippen molar-refractivity contribution >= 4 is 34.1 Å². The summed E-state index contributed by atoms with van der Waals surface area (Å²) in [6.45, 7) is -1.60. The number of ether oxygens (including phenoxy) is 2. The van der Waals surface area contributed by atoms with Gasteiger partial charge < -0.3 is 19.2 Å². The van der Waals surface area contributed by atoms with Gasteiger partial charge in [0.1, 0.15) is 29.5 Å². The molecule has 0 fully saturated rings. The first-order chi connectivity index (χ1) is 15.3. The summed E-state index contributed by atoms with van der Waals surface area (Å²) in [5.74, 6) is -0.179. The fraction of sp³-hybridized carbons (Fsp3) is 0.238. The number of para-hydroxylation sites is 1. The molecule has 2 aromatic carbocycles. The van der Waals surface area contributed by atoms with Crippen LogP contribution in [0.15, 0.2) is 52.9 Å². The number of alkyl halides is 3. The third-order valence-corrected chi connectivity index (χ3v) is 4.62. The number of amides is 1. The van der Waals surface area contributed by atoms with Crippen LogP contribution in [0.5, 0.6) is 5.75 Å². The molecule has 32 heavy (non-hydrogen) atoms. The highest BCUT2D eigenvalue weighted by Gasteiger charge is 2.28. The zero-order valence-electron chi connectivity index (χ0n) is 16.6. The lowest BCUT2D eigenvalue weighted by molar-refractivity contribution is -0.176. The van der Waals surface area contributed by atoms with Crippen LogP contribution in [0.4, 0.5) is 13.2 Å². The van der Waals surface area contributed by atoms with Gasteiger partial charge in [-0.25, -0.2) is 0 Å². The zero-order chi connectivity index (χ0) is 23.1. The Kier molecular flexibility index (Phi) is 7.67. The number of hydrogen-bond acceptors (Lipinski definition) is 6. The lowest BCUT2D eigenvalue weighted by atomic mass is 10.1. The first kappa shape index (κ1) is 23.5. The summed E-state index contributed by atoms with van der Waals surface area (Å²) in [5, 5.41) is 11.9. The van der Waals surface area contributed by atoms with Crippen LogP contribution in [0.25, 0.3) is 11.0 Å².